The monoisotopic (exact) mass is 455 g/mol. The van der Waals surface area contributed by atoms with Crippen LogP contribution < -0.4 is 19.5 Å². The molecule has 3 aromatic carbocycles. The molecule has 32 heavy (non-hydrogen) atoms. The van der Waals surface area contributed by atoms with E-state index in [2.05, 4.69) is 15.5 Å². The number of carbonyl (C=O) groups is 1. The third kappa shape index (κ3) is 3.92. The smallest absolute Gasteiger partial charge is 0.257 e. The standard InChI is InChI=1S/C23H19ClFN3O4/c1-30-19-10-14(11-20(31-2)21(19)32-3)23(29)26-22-15-6-4-13(9-18(15)27-28-22)12-5-7-17(25)16(24)8-12/h4-11H,1-3H3,(H2,26,27,28,29). The number of benzene rings is 3. The van der Waals surface area contributed by atoms with E-state index in [4.69, 9.17) is 25.8 Å². The number of halogens is 2. The van der Waals surface area contributed by atoms with Crippen molar-refractivity contribution in [2.24, 2.45) is 0 Å². The van der Waals surface area contributed by atoms with Crippen molar-refractivity contribution < 1.29 is 23.4 Å². The first-order valence-electron chi connectivity index (χ1n) is 9.50. The number of amides is 1. The first kappa shape index (κ1) is 21.5. The van der Waals surface area contributed by atoms with Crippen molar-refractivity contribution in [3.63, 3.8) is 0 Å². The predicted octanol–water partition coefficient (Wildman–Crippen LogP) is 5.30. The lowest BCUT2D eigenvalue weighted by molar-refractivity contribution is 0.102. The zero-order chi connectivity index (χ0) is 22.8. The van der Waals surface area contributed by atoms with Crippen molar-refractivity contribution in [3.05, 3.63) is 64.9 Å². The summed E-state index contributed by atoms with van der Waals surface area (Å²) in [6.07, 6.45) is 0. The third-order valence-electron chi connectivity index (χ3n) is 4.97. The molecule has 0 aliphatic heterocycles. The van der Waals surface area contributed by atoms with Crippen LogP contribution in [-0.2, 0) is 0 Å². The van der Waals surface area contributed by atoms with Gasteiger partial charge in [-0.05, 0) is 47.5 Å². The fourth-order valence-corrected chi connectivity index (χ4v) is 3.54. The molecule has 164 valence electrons. The zero-order valence-electron chi connectivity index (χ0n) is 17.5. The van der Waals surface area contributed by atoms with Crippen LogP contribution in [0.1, 0.15) is 10.4 Å². The molecule has 0 spiro atoms. The molecule has 0 aliphatic carbocycles. The predicted molar refractivity (Wildman–Crippen MR) is 121 cm³/mol. The van der Waals surface area contributed by atoms with Gasteiger partial charge in [0.25, 0.3) is 5.91 Å². The fourth-order valence-electron chi connectivity index (χ4n) is 3.36. The fraction of sp³-hybridized carbons (Fsp3) is 0.130. The number of ether oxygens (including phenoxy) is 3. The number of carbonyl (C=O) groups excluding carboxylic acids is 1. The summed E-state index contributed by atoms with van der Waals surface area (Å²) in [4.78, 5) is 12.9. The molecule has 0 fully saturated rings. The molecule has 4 aromatic rings. The third-order valence-corrected chi connectivity index (χ3v) is 5.26. The van der Waals surface area contributed by atoms with Crippen molar-refractivity contribution in [3.8, 4) is 28.4 Å². The van der Waals surface area contributed by atoms with Crippen LogP contribution >= 0.6 is 11.6 Å². The van der Waals surface area contributed by atoms with Crippen molar-refractivity contribution in [1.29, 1.82) is 0 Å². The molecule has 1 heterocycles. The van der Waals surface area contributed by atoms with Crippen LogP contribution in [0.25, 0.3) is 22.0 Å². The van der Waals surface area contributed by atoms with Crippen molar-refractivity contribution in [2.45, 2.75) is 0 Å². The Morgan fingerprint density at radius 3 is 2.25 bits per heavy atom. The van der Waals surface area contributed by atoms with Gasteiger partial charge in [0.05, 0.1) is 31.9 Å². The Bertz CT molecular complexity index is 1300. The Labute approximate surface area is 188 Å². The minimum atomic E-state index is -0.477. The molecule has 9 heteroatoms. The maximum atomic E-state index is 13.5. The van der Waals surface area contributed by atoms with Crippen LogP contribution in [-0.4, -0.2) is 37.4 Å². The van der Waals surface area contributed by atoms with Crippen molar-refractivity contribution in [2.75, 3.05) is 26.6 Å². The van der Waals surface area contributed by atoms with E-state index in [1.165, 1.54) is 27.4 Å². The lowest BCUT2D eigenvalue weighted by Crippen LogP contribution is -2.13. The van der Waals surface area contributed by atoms with Crippen LogP contribution in [0, 0.1) is 5.82 Å². The summed E-state index contributed by atoms with van der Waals surface area (Å²) in [6, 6.07) is 13.1. The van der Waals surface area contributed by atoms with Gasteiger partial charge in [0.1, 0.15) is 5.82 Å². The molecule has 7 nitrogen and oxygen atoms in total. The number of nitrogens with one attached hydrogen (secondary N) is 2. The lowest BCUT2D eigenvalue weighted by Gasteiger charge is -2.13. The SMILES string of the molecule is COc1cc(C(=O)Nc2n[nH]c3cc(-c4ccc(F)c(Cl)c4)ccc23)cc(OC)c1OC. The van der Waals surface area contributed by atoms with E-state index in [1.54, 1.807) is 24.3 Å². The molecule has 0 saturated heterocycles. The number of hydrogen-bond acceptors (Lipinski definition) is 5. The summed E-state index contributed by atoms with van der Waals surface area (Å²) in [5.41, 5.74) is 2.60. The van der Waals surface area contributed by atoms with Gasteiger partial charge < -0.3 is 19.5 Å². The minimum absolute atomic E-state index is 0.0468. The molecule has 0 unspecified atom stereocenters. The molecule has 1 aromatic heterocycles. The van der Waals surface area contributed by atoms with Crippen LogP contribution in [0.5, 0.6) is 17.2 Å². The van der Waals surface area contributed by atoms with Gasteiger partial charge in [0.2, 0.25) is 5.75 Å². The van der Waals surface area contributed by atoms with Gasteiger partial charge in [0, 0.05) is 10.9 Å². The molecule has 0 bridgehead atoms. The highest BCUT2D eigenvalue weighted by molar-refractivity contribution is 6.31. The van der Waals surface area contributed by atoms with E-state index in [9.17, 15) is 9.18 Å². The summed E-state index contributed by atoms with van der Waals surface area (Å²) < 4.78 is 29.4. The number of H-pyrrole nitrogens is 1. The second-order valence-electron chi connectivity index (χ2n) is 6.83. The topological polar surface area (TPSA) is 85.5 Å². The Hall–Kier alpha value is -3.78. The summed E-state index contributed by atoms with van der Waals surface area (Å²) in [7, 11) is 4.45. The Balaban J connectivity index is 1.64. The van der Waals surface area contributed by atoms with E-state index in [0.29, 0.717) is 39.5 Å². The maximum absolute atomic E-state index is 13.5. The number of hydrogen-bond donors (Lipinski definition) is 2. The number of aromatic nitrogens is 2. The summed E-state index contributed by atoms with van der Waals surface area (Å²) >= 11 is 5.90. The van der Waals surface area contributed by atoms with Crippen molar-refractivity contribution in [1.82, 2.24) is 10.2 Å². The molecule has 1 amide bonds. The van der Waals surface area contributed by atoms with Gasteiger partial charge in [-0.25, -0.2) is 4.39 Å². The van der Waals surface area contributed by atoms with E-state index in [-0.39, 0.29) is 5.02 Å². The maximum Gasteiger partial charge on any atom is 0.257 e. The molecule has 0 atom stereocenters. The van der Waals surface area contributed by atoms with Gasteiger partial charge >= 0.3 is 0 Å². The second kappa shape index (κ2) is 8.76. The van der Waals surface area contributed by atoms with Crippen molar-refractivity contribution >= 4 is 34.2 Å². The van der Waals surface area contributed by atoms with Crippen LogP contribution in [0.2, 0.25) is 5.02 Å². The van der Waals surface area contributed by atoms with Gasteiger partial charge in [0.15, 0.2) is 17.3 Å². The quantitative estimate of drug-likeness (QED) is 0.412. The first-order chi connectivity index (χ1) is 15.4. The highest BCUT2D eigenvalue weighted by atomic mass is 35.5. The van der Waals surface area contributed by atoms with E-state index < -0.39 is 11.7 Å². The molecule has 0 saturated carbocycles. The van der Waals surface area contributed by atoms with Crippen LogP contribution in [0.4, 0.5) is 10.2 Å². The van der Waals surface area contributed by atoms with Gasteiger partial charge in [-0.3, -0.25) is 9.89 Å². The number of anilines is 1. The Kier molecular flexibility index (Phi) is 5.87. The number of rotatable bonds is 6. The molecule has 0 aliphatic rings. The lowest BCUT2D eigenvalue weighted by atomic mass is 10.0. The summed E-state index contributed by atoms with van der Waals surface area (Å²) in [5.74, 6) is 0.618. The van der Waals surface area contributed by atoms with Crippen LogP contribution in [0.15, 0.2) is 48.5 Å². The van der Waals surface area contributed by atoms with Gasteiger partial charge in [-0.2, -0.15) is 5.10 Å². The molecule has 4 rings (SSSR count). The van der Waals surface area contributed by atoms with E-state index in [0.717, 1.165) is 11.1 Å². The average molecular weight is 456 g/mol. The molecular weight excluding hydrogens is 437 g/mol. The molecule has 2 N–H and O–H groups in total. The summed E-state index contributed by atoms with van der Waals surface area (Å²) in [5, 5.41) is 10.7. The Morgan fingerprint density at radius 2 is 1.62 bits per heavy atom. The number of nitrogens with zero attached hydrogens (tertiary/aromatic N) is 1. The molecular formula is C23H19ClFN3O4. The average Bonchev–Trinajstić information content (AvgIpc) is 3.21. The highest BCUT2D eigenvalue weighted by Crippen LogP contribution is 2.38. The second-order valence-corrected chi connectivity index (χ2v) is 7.24. The Morgan fingerprint density at radius 1 is 0.969 bits per heavy atom. The van der Waals surface area contributed by atoms with Gasteiger partial charge in [-0.15, -0.1) is 0 Å². The van der Waals surface area contributed by atoms with Crippen LogP contribution in [0.3, 0.4) is 0 Å². The van der Waals surface area contributed by atoms with E-state index >= 15 is 0 Å². The highest BCUT2D eigenvalue weighted by Gasteiger charge is 2.18. The zero-order valence-corrected chi connectivity index (χ0v) is 18.2. The number of fused-ring (bicyclic) bond motifs is 1. The first-order valence-corrected chi connectivity index (χ1v) is 9.88. The molecule has 0 radical (unpaired) electrons. The largest absolute Gasteiger partial charge is 0.493 e. The minimum Gasteiger partial charge on any atom is -0.493 e. The van der Waals surface area contributed by atoms with E-state index in [1.807, 2.05) is 18.2 Å². The summed E-state index contributed by atoms with van der Waals surface area (Å²) in [6.45, 7) is 0. The van der Waals surface area contributed by atoms with Gasteiger partial charge in [-0.1, -0.05) is 23.7 Å². The normalized spacial score (nSPS) is 10.8. The number of methoxy groups -OCH3 is 3. The number of aromatic amines is 1.